The summed E-state index contributed by atoms with van der Waals surface area (Å²) in [5.41, 5.74) is 1.54. The van der Waals surface area contributed by atoms with Gasteiger partial charge in [0.05, 0.1) is 16.8 Å². The maximum atomic E-state index is 10.7. The maximum Gasteiger partial charge on any atom is 0.219 e. The Kier molecular flexibility index (Phi) is 1.70. The fourth-order valence-electron chi connectivity index (χ4n) is 1.23. The van der Waals surface area contributed by atoms with Gasteiger partial charge < -0.3 is 5.32 Å². The van der Waals surface area contributed by atoms with Gasteiger partial charge in [-0.15, -0.1) is 0 Å². The molecule has 1 aromatic heterocycles. The molecule has 1 aliphatic rings. The van der Waals surface area contributed by atoms with Crippen LogP contribution in [0.3, 0.4) is 0 Å². The van der Waals surface area contributed by atoms with Gasteiger partial charge in [0.25, 0.3) is 0 Å². The van der Waals surface area contributed by atoms with Gasteiger partial charge >= 0.3 is 0 Å². The normalized spacial score (nSPS) is 15.8. The summed E-state index contributed by atoms with van der Waals surface area (Å²) in [6, 6.07) is 0. The fraction of sp³-hybridized carbons (Fsp3) is 0.333. The third kappa shape index (κ3) is 1.05. The van der Waals surface area contributed by atoms with Gasteiger partial charge in [-0.1, -0.05) is 0 Å². The van der Waals surface area contributed by atoms with Crippen molar-refractivity contribution < 1.29 is 8.42 Å². The van der Waals surface area contributed by atoms with E-state index in [1.807, 2.05) is 0 Å². The average Bonchev–Trinajstić information content (AvgIpc) is 2.49. The van der Waals surface area contributed by atoms with Crippen molar-refractivity contribution in [3.63, 3.8) is 0 Å². The zero-order chi connectivity index (χ0) is 8.55. The van der Waals surface area contributed by atoms with Crippen molar-refractivity contribution in [2.75, 3.05) is 6.54 Å². The van der Waals surface area contributed by atoms with E-state index < -0.39 is 10.3 Å². The molecule has 64 valence electrons. The van der Waals surface area contributed by atoms with Gasteiger partial charge in [0.15, 0.2) is 0 Å². The second-order valence-electron chi connectivity index (χ2n) is 2.52. The second-order valence-corrected chi connectivity index (χ2v) is 3.49. The topological polar surface area (TPSA) is 74.8 Å². The molecular formula is C6H7N3O2S. The number of hydrogen-bond acceptors (Lipinski definition) is 4. The summed E-state index contributed by atoms with van der Waals surface area (Å²) in [6.07, 6.45) is 1.54. The van der Waals surface area contributed by atoms with Gasteiger partial charge in [0.1, 0.15) is 0 Å². The molecule has 5 nitrogen and oxygen atoms in total. The summed E-state index contributed by atoms with van der Waals surface area (Å²) in [5.74, 6) is 0. The standard InChI is InChI=1S/C6H7N3O2S/c10-12(11)6-3-7-2-5-4(6)1-8-9-5/h1,7H,2-3H2,(H,8,9). The van der Waals surface area contributed by atoms with Gasteiger partial charge in [-0.25, -0.2) is 0 Å². The van der Waals surface area contributed by atoms with E-state index in [0.29, 0.717) is 23.5 Å². The van der Waals surface area contributed by atoms with Crippen LogP contribution in [-0.4, -0.2) is 30.0 Å². The van der Waals surface area contributed by atoms with Crippen LogP contribution in [0.25, 0.3) is 0 Å². The van der Waals surface area contributed by atoms with Gasteiger partial charge in [0.2, 0.25) is 10.3 Å². The third-order valence-electron chi connectivity index (χ3n) is 1.81. The lowest BCUT2D eigenvalue weighted by molar-refractivity contribution is 0.626. The Hall–Kier alpha value is -1.14. The number of H-pyrrole nitrogens is 1. The van der Waals surface area contributed by atoms with E-state index in [1.165, 1.54) is 0 Å². The third-order valence-corrected chi connectivity index (χ3v) is 2.57. The Morgan fingerprint density at radius 3 is 3.00 bits per heavy atom. The largest absolute Gasteiger partial charge is 0.306 e. The highest BCUT2D eigenvalue weighted by Crippen LogP contribution is 2.08. The predicted molar refractivity (Wildman–Crippen MR) is 43.3 cm³/mol. The minimum Gasteiger partial charge on any atom is -0.306 e. The molecule has 2 heterocycles. The number of rotatable bonds is 0. The molecule has 0 saturated carbocycles. The first-order valence-corrected chi connectivity index (χ1v) is 4.55. The number of aromatic amines is 1. The smallest absolute Gasteiger partial charge is 0.219 e. The number of nitrogens with zero attached hydrogens (tertiary/aromatic N) is 1. The molecule has 0 unspecified atom stereocenters. The summed E-state index contributed by atoms with van der Waals surface area (Å²) in [5, 5.41) is 9.47. The molecule has 6 heteroatoms. The molecule has 0 amide bonds. The lowest BCUT2D eigenvalue weighted by atomic mass is 10.1. The molecule has 12 heavy (non-hydrogen) atoms. The van der Waals surface area contributed by atoms with Crippen LogP contribution in [0, 0.1) is 0 Å². The predicted octanol–water partition coefficient (Wildman–Crippen LogP) is -1.09. The average molecular weight is 185 g/mol. The van der Waals surface area contributed by atoms with Gasteiger partial charge in [-0.3, -0.25) is 5.10 Å². The highest BCUT2D eigenvalue weighted by atomic mass is 32.2. The Balaban J connectivity index is 2.67. The van der Waals surface area contributed by atoms with Gasteiger partial charge in [0, 0.05) is 18.7 Å². The van der Waals surface area contributed by atoms with Crippen LogP contribution in [-0.2, 0) is 16.8 Å². The minimum absolute atomic E-state index is 0.380. The van der Waals surface area contributed by atoms with E-state index in [4.69, 9.17) is 0 Å². The minimum atomic E-state index is -2.15. The molecule has 1 aliphatic heterocycles. The molecule has 0 saturated heterocycles. The first-order valence-electron chi connectivity index (χ1n) is 3.47. The summed E-state index contributed by atoms with van der Waals surface area (Å²) < 4.78 is 21.4. The molecule has 0 fully saturated rings. The second kappa shape index (κ2) is 2.72. The van der Waals surface area contributed by atoms with Crippen molar-refractivity contribution in [1.82, 2.24) is 15.5 Å². The van der Waals surface area contributed by atoms with Crippen molar-refractivity contribution in [3.05, 3.63) is 17.5 Å². The fourth-order valence-corrected chi connectivity index (χ4v) is 1.81. The van der Waals surface area contributed by atoms with Crippen LogP contribution in [0.4, 0.5) is 0 Å². The van der Waals surface area contributed by atoms with E-state index in [-0.39, 0.29) is 0 Å². The summed E-state index contributed by atoms with van der Waals surface area (Å²) >= 11 is 0. The molecule has 0 radical (unpaired) electrons. The van der Waals surface area contributed by atoms with E-state index in [2.05, 4.69) is 15.5 Å². The monoisotopic (exact) mass is 185 g/mol. The Morgan fingerprint density at radius 2 is 2.25 bits per heavy atom. The number of fused-ring (bicyclic) bond motifs is 1. The number of hydrogen-bond donors (Lipinski definition) is 2. The Labute approximate surface area is 70.3 Å². The lowest BCUT2D eigenvalue weighted by Gasteiger charge is -2.11. The molecule has 0 bridgehead atoms. The van der Waals surface area contributed by atoms with E-state index in [1.54, 1.807) is 6.20 Å². The van der Waals surface area contributed by atoms with E-state index >= 15 is 0 Å². The summed E-state index contributed by atoms with van der Waals surface area (Å²) in [7, 11) is -2.15. The number of aromatic nitrogens is 2. The van der Waals surface area contributed by atoms with Crippen molar-refractivity contribution in [2.24, 2.45) is 0 Å². The highest BCUT2D eigenvalue weighted by molar-refractivity contribution is 7.73. The molecule has 1 aromatic rings. The molecule has 0 atom stereocenters. The zero-order valence-corrected chi connectivity index (χ0v) is 6.98. The van der Waals surface area contributed by atoms with Crippen molar-refractivity contribution >= 4 is 15.2 Å². The zero-order valence-electron chi connectivity index (χ0n) is 6.16. The van der Waals surface area contributed by atoms with Crippen LogP contribution in [0.15, 0.2) is 6.20 Å². The number of nitrogens with one attached hydrogen (secondary N) is 2. The van der Waals surface area contributed by atoms with Crippen LogP contribution in [0.1, 0.15) is 11.3 Å². The Bertz CT molecular complexity index is 423. The molecule has 0 aromatic carbocycles. The Morgan fingerprint density at radius 1 is 1.42 bits per heavy atom. The first kappa shape index (κ1) is 7.51. The molecule has 0 aliphatic carbocycles. The maximum absolute atomic E-state index is 10.7. The molecule has 0 spiro atoms. The van der Waals surface area contributed by atoms with Crippen molar-refractivity contribution in [3.8, 4) is 0 Å². The van der Waals surface area contributed by atoms with E-state index in [9.17, 15) is 8.42 Å². The van der Waals surface area contributed by atoms with Crippen LogP contribution in [0.5, 0.6) is 0 Å². The first-order chi connectivity index (χ1) is 5.79. The SMILES string of the molecule is O=S(=O)=C1CNCc2[nH]ncc21. The molecule has 2 rings (SSSR count). The highest BCUT2D eigenvalue weighted by Gasteiger charge is 2.17. The lowest BCUT2D eigenvalue weighted by Crippen LogP contribution is -2.30. The van der Waals surface area contributed by atoms with Crippen molar-refractivity contribution in [2.45, 2.75) is 6.54 Å². The van der Waals surface area contributed by atoms with Crippen LogP contribution in [0.2, 0.25) is 0 Å². The molecule has 2 N–H and O–H groups in total. The quantitative estimate of drug-likeness (QED) is 0.504. The molecular weight excluding hydrogens is 178 g/mol. The van der Waals surface area contributed by atoms with Gasteiger partial charge in [-0.2, -0.15) is 13.5 Å². The van der Waals surface area contributed by atoms with Crippen molar-refractivity contribution in [1.29, 1.82) is 0 Å². The summed E-state index contributed by atoms with van der Waals surface area (Å²) in [6.45, 7) is 1.04. The van der Waals surface area contributed by atoms with Crippen LogP contribution >= 0.6 is 0 Å². The summed E-state index contributed by atoms with van der Waals surface area (Å²) in [4.78, 5) is 0.380. The van der Waals surface area contributed by atoms with Gasteiger partial charge in [-0.05, 0) is 0 Å². The van der Waals surface area contributed by atoms with Crippen LogP contribution < -0.4 is 5.32 Å². The van der Waals surface area contributed by atoms with E-state index in [0.717, 1.165) is 5.69 Å².